The van der Waals surface area contributed by atoms with Crippen LogP contribution in [0.25, 0.3) is 0 Å². The van der Waals surface area contributed by atoms with Crippen LogP contribution in [0.2, 0.25) is 0 Å². The lowest BCUT2D eigenvalue weighted by atomic mass is 9.98. The summed E-state index contributed by atoms with van der Waals surface area (Å²) in [6, 6.07) is -13.8. The van der Waals surface area contributed by atoms with Gasteiger partial charge in [-0.05, 0) is 39.0 Å². The number of ketones is 2. The van der Waals surface area contributed by atoms with Crippen LogP contribution in [0.5, 0.6) is 0 Å². The van der Waals surface area contributed by atoms with Crippen LogP contribution in [0.3, 0.4) is 0 Å². The first-order valence-corrected chi connectivity index (χ1v) is 18.6. The zero-order valence-electron chi connectivity index (χ0n) is 32.6. The van der Waals surface area contributed by atoms with Gasteiger partial charge in [0.25, 0.3) is 0 Å². The predicted molar refractivity (Wildman–Crippen MR) is 200 cm³/mol. The second-order valence-electron chi connectivity index (χ2n) is 13.6. The Morgan fingerprint density at radius 3 is 1.85 bits per heavy atom. The molecule has 0 spiro atoms. The number of aliphatic hydroxyl groups excluding tert-OH is 4. The lowest BCUT2D eigenvalue weighted by Crippen LogP contribution is -2.61. The van der Waals surface area contributed by atoms with E-state index >= 15 is 0 Å². The zero-order valence-corrected chi connectivity index (χ0v) is 32.6. The molecule has 338 valence electrons. The second kappa shape index (κ2) is 26.4. The maximum absolute atomic E-state index is 13.7. The number of carbonyl (C=O) groups excluding carboxylic acids is 10. The molecule has 27 heteroatoms. The molecule has 19 N–H and O–H groups in total. The Bertz CT molecular complexity index is 1580. The number of carboxylic acid groups (broad SMARTS) is 1. The lowest BCUT2D eigenvalue weighted by Gasteiger charge is -2.27. The smallest absolute Gasteiger partial charge is 0.303 e. The third kappa shape index (κ3) is 17.6. The third-order valence-electron chi connectivity index (χ3n) is 8.92. The van der Waals surface area contributed by atoms with Crippen molar-refractivity contribution in [2.24, 2.45) is 17.3 Å². The summed E-state index contributed by atoms with van der Waals surface area (Å²) in [6.07, 6.45) is -4.42. The molecule has 1 saturated heterocycles. The number of primary amides is 2. The number of aliphatic carboxylic acids is 1. The predicted octanol–water partition coefficient (Wildman–Crippen LogP) is -9.63. The SMILES string of the molecule is C[C@@H](O)[C@H](NN)C(=O)NC(CC(N)=O)C(=O)C(=O)[C@H](CO)NC1CCCCNC(=O)CCC(C(N)=O)NC(=O)C(CO)NC(=O)[C@H](CCC(=O)O)NC(=O)C(CO)NC1=O. The van der Waals surface area contributed by atoms with Gasteiger partial charge in [-0.1, -0.05) is 0 Å². The van der Waals surface area contributed by atoms with Crippen molar-refractivity contribution in [3.8, 4) is 0 Å². The van der Waals surface area contributed by atoms with Crippen LogP contribution in [-0.2, 0) is 52.7 Å². The number of Topliss-reactive ketones (excluding diaryl/α,β-unsaturated/α-hetero) is 2. The van der Waals surface area contributed by atoms with E-state index in [9.17, 15) is 78.3 Å². The highest BCUT2D eigenvalue weighted by Crippen LogP contribution is 2.09. The number of amides is 8. The van der Waals surface area contributed by atoms with E-state index in [2.05, 4.69) is 37.2 Å². The van der Waals surface area contributed by atoms with Crippen LogP contribution < -0.4 is 60.0 Å². The Balaban J connectivity index is 3.54. The van der Waals surface area contributed by atoms with Crippen LogP contribution in [0.1, 0.15) is 58.3 Å². The summed E-state index contributed by atoms with van der Waals surface area (Å²) in [5, 5.41) is 64.8. The van der Waals surface area contributed by atoms with E-state index in [-0.39, 0.29) is 38.6 Å². The molecule has 0 aliphatic carbocycles. The maximum Gasteiger partial charge on any atom is 0.303 e. The largest absolute Gasteiger partial charge is 0.481 e. The standard InChI is InChI=1S/C33H55N11O16/c1-14(48)25(44-36)33(60)41-18(10-22(34)49)26(53)27(54)19(11-45)38-16-4-2-3-9-37-23(50)7-5-15(28(35)55)39-31(58)20(12-46)43-30(57)17(6-8-24(51)52)40-32(59)21(13-47)42-29(16)56/h14-21,25,38,44-48H,2-13,36H2,1H3,(H2,34,49)(H2,35,55)(H,37,50)(H,39,58)(H,40,59)(H,41,60)(H,42,56)(H,43,57)(H,51,52)/t14-,15?,16?,17+,18?,19+,20?,21?,25+/m1/s1. The minimum atomic E-state index is -1.93. The number of rotatable bonds is 18. The molecule has 0 aromatic heterocycles. The Hall–Kier alpha value is -5.71. The van der Waals surface area contributed by atoms with E-state index in [1.165, 1.54) is 6.92 Å². The Kier molecular flexibility index (Phi) is 23.0. The molecule has 5 unspecified atom stereocenters. The number of hydrogen-bond donors (Lipinski definition) is 16. The molecule has 1 aliphatic rings. The van der Waals surface area contributed by atoms with Crippen molar-refractivity contribution >= 4 is 64.8 Å². The van der Waals surface area contributed by atoms with E-state index in [1.807, 2.05) is 5.43 Å². The molecule has 0 aromatic rings. The topological polar surface area (TPSA) is 463 Å². The van der Waals surface area contributed by atoms with Crippen molar-refractivity contribution in [3.63, 3.8) is 0 Å². The van der Waals surface area contributed by atoms with Gasteiger partial charge in [0.05, 0.1) is 44.4 Å². The molecule has 27 nitrogen and oxygen atoms in total. The first kappa shape index (κ1) is 52.3. The summed E-state index contributed by atoms with van der Waals surface area (Å²) in [5.41, 5.74) is 12.6. The fraction of sp³-hybridized carbons (Fsp3) is 0.667. The van der Waals surface area contributed by atoms with E-state index in [0.717, 1.165) is 0 Å². The molecule has 0 saturated carbocycles. The number of carbonyl (C=O) groups is 11. The second-order valence-corrected chi connectivity index (χ2v) is 13.6. The molecule has 0 aromatic carbocycles. The fourth-order valence-corrected chi connectivity index (χ4v) is 5.56. The minimum absolute atomic E-state index is 0.0285. The number of hydrogen-bond acceptors (Lipinski definition) is 18. The number of hydrazine groups is 1. The monoisotopic (exact) mass is 861 g/mol. The molecule has 60 heavy (non-hydrogen) atoms. The molecule has 9 atom stereocenters. The third-order valence-corrected chi connectivity index (χ3v) is 8.92. The highest BCUT2D eigenvalue weighted by molar-refractivity contribution is 6.41. The molecule has 8 amide bonds. The van der Waals surface area contributed by atoms with Crippen molar-refractivity contribution in [3.05, 3.63) is 0 Å². The van der Waals surface area contributed by atoms with Crippen molar-refractivity contribution in [1.29, 1.82) is 0 Å². The van der Waals surface area contributed by atoms with Gasteiger partial charge in [-0.25, -0.2) is 5.43 Å². The quantitative estimate of drug-likeness (QED) is 0.0346. The van der Waals surface area contributed by atoms with E-state index < -0.39 is 158 Å². The van der Waals surface area contributed by atoms with Crippen LogP contribution in [0.4, 0.5) is 0 Å². The normalized spacial score (nSPS) is 23.6. The molecule has 0 bridgehead atoms. The minimum Gasteiger partial charge on any atom is -0.481 e. The van der Waals surface area contributed by atoms with Gasteiger partial charge in [0.2, 0.25) is 58.8 Å². The summed E-state index contributed by atoms with van der Waals surface area (Å²) in [7, 11) is 0. The number of nitrogens with two attached hydrogens (primary N) is 3. The van der Waals surface area contributed by atoms with Crippen LogP contribution in [0.15, 0.2) is 0 Å². The average molecular weight is 862 g/mol. The van der Waals surface area contributed by atoms with Crippen LogP contribution in [-0.4, -0.2) is 171 Å². The molecular weight excluding hydrogens is 806 g/mol. The van der Waals surface area contributed by atoms with Crippen molar-refractivity contribution in [2.45, 2.75) is 113 Å². The fourth-order valence-electron chi connectivity index (χ4n) is 5.56. The van der Waals surface area contributed by atoms with Crippen molar-refractivity contribution in [1.82, 2.24) is 42.6 Å². The average Bonchev–Trinajstić information content (AvgIpc) is 3.18. The van der Waals surface area contributed by atoms with Gasteiger partial charge >= 0.3 is 5.97 Å². The summed E-state index contributed by atoms with van der Waals surface area (Å²) in [5.74, 6) is -7.78. The summed E-state index contributed by atoms with van der Waals surface area (Å²) < 4.78 is 0. The van der Waals surface area contributed by atoms with Crippen molar-refractivity contribution < 1.29 is 78.3 Å². The number of carboxylic acids is 1. The highest BCUT2D eigenvalue weighted by Gasteiger charge is 2.38. The Labute approximate surface area is 342 Å². The summed E-state index contributed by atoms with van der Waals surface area (Å²) in [4.78, 5) is 140. The molecule has 0 radical (unpaired) electrons. The first-order chi connectivity index (χ1) is 28.2. The molecule has 1 heterocycles. The van der Waals surface area contributed by atoms with E-state index in [4.69, 9.17) is 17.3 Å². The number of nitrogens with one attached hydrogen (secondary N) is 8. The molecule has 1 aliphatic heterocycles. The lowest BCUT2D eigenvalue weighted by molar-refractivity contribution is -0.142. The summed E-state index contributed by atoms with van der Waals surface area (Å²) in [6.45, 7) is -2.23. The Morgan fingerprint density at radius 1 is 0.783 bits per heavy atom. The zero-order chi connectivity index (χ0) is 45.7. The summed E-state index contributed by atoms with van der Waals surface area (Å²) >= 11 is 0. The van der Waals surface area contributed by atoms with Gasteiger partial charge in [-0.3, -0.25) is 63.9 Å². The van der Waals surface area contributed by atoms with Crippen LogP contribution >= 0.6 is 0 Å². The van der Waals surface area contributed by atoms with Gasteiger partial charge in [-0.15, -0.1) is 0 Å². The van der Waals surface area contributed by atoms with Gasteiger partial charge < -0.3 is 68.9 Å². The van der Waals surface area contributed by atoms with Gasteiger partial charge in [-0.2, -0.15) is 0 Å². The molecular formula is C33H55N11O16. The molecule has 1 rings (SSSR count). The van der Waals surface area contributed by atoms with E-state index in [1.54, 1.807) is 0 Å². The van der Waals surface area contributed by atoms with Crippen LogP contribution in [0, 0.1) is 0 Å². The van der Waals surface area contributed by atoms with Crippen molar-refractivity contribution in [2.75, 3.05) is 26.4 Å². The first-order valence-electron chi connectivity index (χ1n) is 18.6. The van der Waals surface area contributed by atoms with Gasteiger partial charge in [0.15, 0.2) is 0 Å². The molecule has 1 fully saturated rings. The van der Waals surface area contributed by atoms with E-state index in [0.29, 0.717) is 0 Å². The number of aliphatic hydroxyl groups is 4. The highest BCUT2D eigenvalue weighted by atomic mass is 16.4. The van der Waals surface area contributed by atoms with Gasteiger partial charge in [0.1, 0.15) is 36.3 Å². The maximum atomic E-state index is 13.7. The van der Waals surface area contributed by atoms with Gasteiger partial charge in [0, 0.05) is 19.4 Å². The Morgan fingerprint density at radius 2 is 1.33 bits per heavy atom.